The molecule has 0 unspecified atom stereocenters. The molecule has 106 valence electrons. The third-order valence-electron chi connectivity index (χ3n) is 3.03. The first-order valence-corrected chi connectivity index (χ1v) is 6.92. The van der Waals surface area contributed by atoms with Crippen molar-refractivity contribution in [3.8, 4) is 5.75 Å². The van der Waals surface area contributed by atoms with Gasteiger partial charge in [-0.2, -0.15) is 0 Å². The lowest BCUT2D eigenvalue weighted by molar-refractivity contribution is 0.0885. The summed E-state index contributed by atoms with van der Waals surface area (Å²) in [6, 6.07) is 18.0. The maximum atomic E-state index is 5.66. The third kappa shape index (κ3) is 4.68. The fraction of sp³-hybridized carbons (Fsp3) is 0.294. The molecule has 0 fully saturated rings. The highest BCUT2D eigenvalue weighted by atomic mass is 16.5. The van der Waals surface area contributed by atoms with Gasteiger partial charge in [-0.05, 0) is 36.2 Å². The smallest absolute Gasteiger partial charge is 0.119 e. The van der Waals surface area contributed by atoms with E-state index in [1.165, 1.54) is 11.1 Å². The highest BCUT2D eigenvalue weighted by Gasteiger charge is 2.01. The molecule has 0 aliphatic heterocycles. The van der Waals surface area contributed by atoms with Crippen LogP contribution in [-0.2, 0) is 17.8 Å². The summed E-state index contributed by atoms with van der Waals surface area (Å²) in [4.78, 5) is 0. The van der Waals surface area contributed by atoms with Crippen LogP contribution >= 0.6 is 0 Å². The van der Waals surface area contributed by atoms with E-state index in [2.05, 4.69) is 12.1 Å². The van der Waals surface area contributed by atoms with Gasteiger partial charge in [0.2, 0.25) is 0 Å². The molecule has 0 amide bonds. The van der Waals surface area contributed by atoms with Crippen molar-refractivity contribution in [3.63, 3.8) is 0 Å². The number of benzene rings is 2. The van der Waals surface area contributed by atoms with Gasteiger partial charge in [0.1, 0.15) is 12.4 Å². The Morgan fingerprint density at radius 2 is 1.50 bits per heavy atom. The minimum atomic E-state index is 0.559. The van der Waals surface area contributed by atoms with Gasteiger partial charge < -0.3 is 15.2 Å². The zero-order valence-electron chi connectivity index (χ0n) is 11.6. The summed E-state index contributed by atoms with van der Waals surface area (Å²) >= 11 is 0. The Bertz CT molecular complexity index is 499. The number of rotatable bonds is 8. The van der Waals surface area contributed by atoms with Gasteiger partial charge in [0.25, 0.3) is 0 Å². The number of para-hydroxylation sites is 1. The van der Waals surface area contributed by atoms with Crippen molar-refractivity contribution in [3.05, 3.63) is 65.7 Å². The quantitative estimate of drug-likeness (QED) is 0.751. The highest BCUT2D eigenvalue weighted by molar-refractivity contribution is 5.26. The van der Waals surface area contributed by atoms with Crippen molar-refractivity contribution in [2.75, 3.05) is 19.8 Å². The summed E-state index contributed by atoms with van der Waals surface area (Å²) in [5.74, 6) is 0.875. The Kier molecular flexibility index (Phi) is 6.08. The molecule has 3 heteroatoms. The maximum absolute atomic E-state index is 5.66. The Balaban J connectivity index is 1.71. The van der Waals surface area contributed by atoms with Gasteiger partial charge in [0.05, 0.1) is 13.2 Å². The van der Waals surface area contributed by atoms with Crippen LogP contribution < -0.4 is 10.5 Å². The molecule has 0 aliphatic rings. The van der Waals surface area contributed by atoms with Gasteiger partial charge in [0.15, 0.2) is 0 Å². The van der Waals surface area contributed by atoms with Crippen molar-refractivity contribution in [1.29, 1.82) is 0 Å². The molecule has 0 atom stereocenters. The topological polar surface area (TPSA) is 44.5 Å². The second-order valence-corrected chi connectivity index (χ2v) is 4.52. The van der Waals surface area contributed by atoms with E-state index in [0.717, 1.165) is 12.2 Å². The second kappa shape index (κ2) is 8.35. The number of nitrogens with two attached hydrogens (primary N) is 1. The minimum absolute atomic E-state index is 0.559. The van der Waals surface area contributed by atoms with Crippen LogP contribution in [0.4, 0.5) is 0 Å². The lowest BCUT2D eigenvalue weighted by Crippen LogP contribution is -2.09. The van der Waals surface area contributed by atoms with Crippen LogP contribution in [0.25, 0.3) is 0 Å². The van der Waals surface area contributed by atoms with Gasteiger partial charge in [-0.25, -0.2) is 0 Å². The Hall–Kier alpha value is -1.84. The van der Waals surface area contributed by atoms with E-state index in [-0.39, 0.29) is 0 Å². The van der Waals surface area contributed by atoms with Gasteiger partial charge in [-0.3, -0.25) is 0 Å². The standard InChI is InChI=1S/C17H21NO2/c18-11-10-15-6-4-5-7-16(15)14-19-12-13-20-17-8-2-1-3-9-17/h1-9H,10-14,18H2. The predicted octanol–water partition coefficient (Wildman–Crippen LogP) is 2.78. The number of hydrogen-bond acceptors (Lipinski definition) is 3. The average Bonchev–Trinajstić information content (AvgIpc) is 2.50. The lowest BCUT2D eigenvalue weighted by Gasteiger charge is -2.10. The molecule has 2 aromatic rings. The van der Waals surface area contributed by atoms with Gasteiger partial charge in [0, 0.05) is 0 Å². The molecule has 0 saturated heterocycles. The van der Waals surface area contributed by atoms with Crippen molar-refractivity contribution in [2.45, 2.75) is 13.0 Å². The average molecular weight is 271 g/mol. The first-order chi connectivity index (χ1) is 9.90. The van der Waals surface area contributed by atoms with E-state index in [1.807, 2.05) is 42.5 Å². The fourth-order valence-corrected chi connectivity index (χ4v) is 2.01. The molecule has 0 saturated carbocycles. The van der Waals surface area contributed by atoms with Gasteiger partial charge in [-0.15, -0.1) is 0 Å². The van der Waals surface area contributed by atoms with E-state index in [9.17, 15) is 0 Å². The highest BCUT2D eigenvalue weighted by Crippen LogP contribution is 2.11. The fourth-order valence-electron chi connectivity index (χ4n) is 2.01. The molecule has 0 aromatic heterocycles. The van der Waals surface area contributed by atoms with Crippen LogP contribution in [0.3, 0.4) is 0 Å². The van der Waals surface area contributed by atoms with Crippen LogP contribution in [0.2, 0.25) is 0 Å². The summed E-state index contributed by atoms with van der Waals surface area (Å²) in [7, 11) is 0. The predicted molar refractivity (Wildman–Crippen MR) is 80.8 cm³/mol. The monoisotopic (exact) mass is 271 g/mol. The SMILES string of the molecule is NCCc1ccccc1COCCOc1ccccc1. The number of ether oxygens (including phenoxy) is 2. The zero-order chi connectivity index (χ0) is 14.0. The van der Waals surface area contributed by atoms with Crippen LogP contribution in [0.1, 0.15) is 11.1 Å². The molecule has 0 spiro atoms. The first-order valence-electron chi connectivity index (χ1n) is 6.92. The number of hydrogen-bond donors (Lipinski definition) is 1. The molecule has 3 nitrogen and oxygen atoms in total. The van der Waals surface area contributed by atoms with Crippen molar-refractivity contribution in [2.24, 2.45) is 5.73 Å². The molecule has 0 heterocycles. The van der Waals surface area contributed by atoms with Crippen LogP contribution in [-0.4, -0.2) is 19.8 Å². The maximum Gasteiger partial charge on any atom is 0.119 e. The van der Waals surface area contributed by atoms with Crippen molar-refractivity contribution in [1.82, 2.24) is 0 Å². The third-order valence-corrected chi connectivity index (χ3v) is 3.03. The minimum Gasteiger partial charge on any atom is -0.491 e. The van der Waals surface area contributed by atoms with Crippen LogP contribution in [0, 0.1) is 0 Å². The summed E-state index contributed by atoms with van der Waals surface area (Å²) in [6.07, 6.45) is 0.889. The van der Waals surface area contributed by atoms with Gasteiger partial charge in [-0.1, -0.05) is 42.5 Å². The van der Waals surface area contributed by atoms with Crippen LogP contribution in [0.15, 0.2) is 54.6 Å². The molecule has 0 aliphatic carbocycles. The zero-order valence-corrected chi connectivity index (χ0v) is 11.6. The molecular weight excluding hydrogens is 250 g/mol. The summed E-state index contributed by atoms with van der Waals surface area (Å²) in [5, 5.41) is 0. The second-order valence-electron chi connectivity index (χ2n) is 4.52. The van der Waals surface area contributed by atoms with E-state index < -0.39 is 0 Å². The van der Waals surface area contributed by atoms with E-state index >= 15 is 0 Å². The normalized spacial score (nSPS) is 10.4. The molecule has 2 rings (SSSR count). The van der Waals surface area contributed by atoms with Crippen LogP contribution in [0.5, 0.6) is 5.75 Å². The molecule has 20 heavy (non-hydrogen) atoms. The Morgan fingerprint density at radius 3 is 2.25 bits per heavy atom. The lowest BCUT2D eigenvalue weighted by atomic mass is 10.1. The van der Waals surface area contributed by atoms with Gasteiger partial charge >= 0.3 is 0 Å². The largest absolute Gasteiger partial charge is 0.491 e. The van der Waals surface area contributed by atoms with Crippen molar-refractivity contribution >= 4 is 0 Å². The van der Waals surface area contributed by atoms with E-state index in [1.54, 1.807) is 0 Å². The Labute approximate surface area is 120 Å². The molecule has 0 radical (unpaired) electrons. The Morgan fingerprint density at radius 1 is 0.800 bits per heavy atom. The molecule has 2 N–H and O–H groups in total. The van der Waals surface area contributed by atoms with Crippen molar-refractivity contribution < 1.29 is 9.47 Å². The first kappa shape index (κ1) is 14.6. The summed E-state index contributed by atoms with van der Waals surface area (Å²) < 4.78 is 11.2. The summed E-state index contributed by atoms with van der Waals surface area (Å²) in [6.45, 7) is 2.40. The molecule has 2 aromatic carbocycles. The van der Waals surface area contributed by atoms with E-state index in [0.29, 0.717) is 26.4 Å². The molecular formula is C17H21NO2. The van der Waals surface area contributed by atoms with E-state index in [4.69, 9.17) is 15.2 Å². The summed E-state index contributed by atoms with van der Waals surface area (Å²) in [5.41, 5.74) is 8.08. The molecule has 0 bridgehead atoms.